The van der Waals surface area contributed by atoms with Crippen LogP contribution in [0.15, 0.2) is 0 Å². The van der Waals surface area contributed by atoms with Crippen LogP contribution in [-0.2, 0) is 4.79 Å². The van der Waals surface area contributed by atoms with Gasteiger partial charge in [0.25, 0.3) is 0 Å². The second-order valence-electron chi connectivity index (χ2n) is 6.05. The third kappa shape index (κ3) is 10.6. The van der Waals surface area contributed by atoms with Crippen molar-refractivity contribution >= 4 is 5.91 Å². The number of halogens is 3. The number of rotatable bonds is 10. The predicted molar refractivity (Wildman–Crippen MR) is 78.8 cm³/mol. The lowest BCUT2D eigenvalue weighted by Gasteiger charge is -2.26. The first kappa shape index (κ1) is 20.2. The number of hydrogen-bond acceptors (Lipinski definition) is 2. The van der Waals surface area contributed by atoms with Gasteiger partial charge in [-0.05, 0) is 31.2 Å². The number of carbonyl (C=O) groups excluding carboxylic acids is 1. The Morgan fingerprint density at radius 1 is 1.19 bits per heavy atom. The second-order valence-corrected chi connectivity index (χ2v) is 6.05. The van der Waals surface area contributed by atoms with Crippen molar-refractivity contribution in [1.29, 1.82) is 0 Å². The number of amides is 1. The van der Waals surface area contributed by atoms with Crippen LogP contribution in [-0.4, -0.2) is 36.6 Å². The lowest BCUT2D eigenvalue weighted by Crippen LogP contribution is -2.41. The molecule has 0 bridgehead atoms. The minimum absolute atomic E-state index is 0.0202. The van der Waals surface area contributed by atoms with E-state index in [9.17, 15) is 18.0 Å². The molecule has 0 aromatic carbocycles. The molecule has 0 aliphatic carbocycles. The molecular weight excluding hydrogens is 281 g/mol. The van der Waals surface area contributed by atoms with Gasteiger partial charge >= 0.3 is 6.18 Å². The summed E-state index contributed by atoms with van der Waals surface area (Å²) < 4.78 is 37.6. The Balaban J connectivity index is 4.50. The summed E-state index contributed by atoms with van der Waals surface area (Å²) in [6.07, 6.45) is -0.760. The molecule has 0 rings (SSSR count). The number of nitrogens with two attached hydrogens (primary N) is 1. The maximum atomic E-state index is 12.5. The van der Waals surface area contributed by atoms with E-state index in [1.54, 1.807) is 0 Å². The van der Waals surface area contributed by atoms with E-state index < -0.39 is 18.6 Å². The summed E-state index contributed by atoms with van der Waals surface area (Å²) in [5, 5.41) is 0. The summed E-state index contributed by atoms with van der Waals surface area (Å²) in [5.41, 5.74) is 5.53. The van der Waals surface area contributed by atoms with Crippen molar-refractivity contribution in [1.82, 2.24) is 4.90 Å². The molecule has 21 heavy (non-hydrogen) atoms. The molecule has 0 aromatic heterocycles. The third-order valence-electron chi connectivity index (χ3n) is 3.35. The van der Waals surface area contributed by atoms with Crippen LogP contribution >= 0.6 is 0 Å². The highest BCUT2D eigenvalue weighted by atomic mass is 19.4. The molecule has 1 unspecified atom stereocenters. The van der Waals surface area contributed by atoms with Gasteiger partial charge in [-0.15, -0.1) is 0 Å². The maximum absolute atomic E-state index is 12.5. The summed E-state index contributed by atoms with van der Waals surface area (Å²) in [5.74, 6) is -0.0540. The predicted octanol–water partition coefficient (Wildman–Crippen LogP) is 3.58. The number of alkyl halides is 3. The molecule has 3 nitrogen and oxygen atoms in total. The molecule has 0 aliphatic heterocycles. The molecule has 0 aromatic rings. The second kappa shape index (κ2) is 10.0. The molecule has 0 saturated carbocycles. The maximum Gasteiger partial charge on any atom is 0.406 e. The quantitative estimate of drug-likeness (QED) is 0.670. The Morgan fingerprint density at radius 3 is 2.24 bits per heavy atom. The number of nitrogens with zero attached hydrogens (tertiary/aromatic N) is 1. The minimum Gasteiger partial charge on any atom is -0.333 e. The van der Waals surface area contributed by atoms with E-state index >= 15 is 0 Å². The fourth-order valence-electron chi connectivity index (χ4n) is 2.47. The highest BCUT2D eigenvalue weighted by Gasteiger charge is 2.33. The Bertz CT molecular complexity index is 287. The molecule has 2 N–H and O–H groups in total. The number of carbonyl (C=O) groups is 1. The molecule has 0 spiro atoms. The van der Waals surface area contributed by atoms with Crippen molar-refractivity contribution in [3.63, 3.8) is 0 Å². The molecule has 1 amide bonds. The van der Waals surface area contributed by atoms with Gasteiger partial charge in [-0.25, -0.2) is 0 Å². The van der Waals surface area contributed by atoms with Gasteiger partial charge in [0.05, 0.1) is 0 Å². The van der Waals surface area contributed by atoms with Crippen LogP contribution in [0.3, 0.4) is 0 Å². The van der Waals surface area contributed by atoms with Gasteiger partial charge in [-0.2, -0.15) is 13.2 Å². The van der Waals surface area contributed by atoms with Gasteiger partial charge in [0, 0.05) is 13.0 Å². The van der Waals surface area contributed by atoms with Crippen molar-refractivity contribution in [2.45, 2.75) is 59.1 Å². The Morgan fingerprint density at radius 2 is 1.81 bits per heavy atom. The van der Waals surface area contributed by atoms with E-state index in [-0.39, 0.29) is 18.9 Å². The largest absolute Gasteiger partial charge is 0.406 e. The summed E-state index contributed by atoms with van der Waals surface area (Å²) >= 11 is 0. The van der Waals surface area contributed by atoms with Gasteiger partial charge < -0.3 is 10.6 Å². The van der Waals surface area contributed by atoms with E-state index in [4.69, 9.17) is 5.73 Å². The van der Waals surface area contributed by atoms with Gasteiger partial charge in [-0.3, -0.25) is 4.79 Å². The smallest absolute Gasteiger partial charge is 0.333 e. The first-order chi connectivity index (χ1) is 9.69. The van der Waals surface area contributed by atoms with E-state index in [2.05, 4.69) is 6.92 Å². The zero-order valence-corrected chi connectivity index (χ0v) is 13.4. The van der Waals surface area contributed by atoms with Gasteiger partial charge in [0.15, 0.2) is 0 Å². The summed E-state index contributed by atoms with van der Waals surface area (Å²) in [7, 11) is 0. The van der Waals surface area contributed by atoms with Crippen molar-refractivity contribution < 1.29 is 18.0 Å². The first-order valence-electron chi connectivity index (χ1n) is 7.74. The molecule has 0 heterocycles. The first-order valence-corrected chi connectivity index (χ1v) is 7.74. The van der Waals surface area contributed by atoms with Crippen LogP contribution < -0.4 is 5.73 Å². The van der Waals surface area contributed by atoms with Gasteiger partial charge in [-0.1, -0.05) is 33.6 Å². The summed E-state index contributed by atoms with van der Waals surface area (Å²) in [4.78, 5) is 13.0. The number of hydrogen-bond donors (Lipinski definition) is 1. The molecular formula is C15H29F3N2O. The van der Waals surface area contributed by atoms with Crippen LogP contribution in [0.4, 0.5) is 13.2 Å². The molecule has 0 fully saturated rings. The fraction of sp³-hybridized carbons (Fsp3) is 0.933. The van der Waals surface area contributed by atoms with Crippen LogP contribution in [0.1, 0.15) is 52.9 Å². The Kier molecular flexibility index (Phi) is 9.66. The van der Waals surface area contributed by atoms with E-state index in [1.165, 1.54) is 0 Å². The Hall–Kier alpha value is -0.780. The van der Waals surface area contributed by atoms with Crippen LogP contribution in [0.5, 0.6) is 0 Å². The molecule has 1 atom stereocenters. The fourth-order valence-corrected chi connectivity index (χ4v) is 2.47. The van der Waals surface area contributed by atoms with Crippen LogP contribution in [0.25, 0.3) is 0 Å². The van der Waals surface area contributed by atoms with E-state index in [0.29, 0.717) is 18.9 Å². The zero-order valence-electron chi connectivity index (χ0n) is 13.4. The van der Waals surface area contributed by atoms with Crippen LogP contribution in [0.2, 0.25) is 0 Å². The monoisotopic (exact) mass is 310 g/mol. The highest BCUT2D eigenvalue weighted by Crippen LogP contribution is 2.21. The van der Waals surface area contributed by atoms with Gasteiger partial charge in [0.1, 0.15) is 6.54 Å². The molecule has 0 radical (unpaired) electrons. The summed E-state index contributed by atoms with van der Waals surface area (Å²) in [6, 6.07) is 0. The topological polar surface area (TPSA) is 46.3 Å². The lowest BCUT2D eigenvalue weighted by atomic mass is 9.94. The molecule has 0 saturated heterocycles. The van der Waals surface area contributed by atoms with E-state index in [0.717, 1.165) is 24.2 Å². The molecule has 126 valence electrons. The summed E-state index contributed by atoms with van der Waals surface area (Å²) in [6.45, 7) is 5.22. The zero-order chi connectivity index (χ0) is 16.5. The molecule has 6 heteroatoms. The normalized spacial score (nSPS) is 13.5. The third-order valence-corrected chi connectivity index (χ3v) is 3.35. The average molecular weight is 310 g/mol. The van der Waals surface area contributed by atoms with E-state index in [1.807, 2.05) is 13.8 Å². The van der Waals surface area contributed by atoms with Crippen molar-refractivity contribution in [3.05, 3.63) is 0 Å². The lowest BCUT2D eigenvalue weighted by molar-refractivity contribution is -0.162. The van der Waals surface area contributed by atoms with Crippen molar-refractivity contribution in [2.75, 3.05) is 19.6 Å². The SMILES string of the molecule is CCCC(CCN)CCC(=O)N(CC(C)C)CC(F)(F)F. The average Bonchev–Trinajstić information content (AvgIpc) is 2.33. The highest BCUT2D eigenvalue weighted by molar-refractivity contribution is 5.76. The Labute approximate surface area is 126 Å². The standard InChI is InChI=1S/C15H29F3N2O/c1-4-5-13(8-9-19)6-7-14(21)20(10-12(2)3)11-15(16,17)18/h12-13H,4-11,19H2,1-3H3. The van der Waals surface area contributed by atoms with Gasteiger partial charge in [0.2, 0.25) is 5.91 Å². The van der Waals surface area contributed by atoms with Crippen molar-refractivity contribution in [3.8, 4) is 0 Å². The molecule has 0 aliphatic rings. The van der Waals surface area contributed by atoms with Crippen LogP contribution in [0, 0.1) is 11.8 Å². The van der Waals surface area contributed by atoms with Crippen molar-refractivity contribution in [2.24, 2.45) is 17.6 Å². The minimum atomic E-state index is -4.34.